The van der Waals surface area contributed by atoms with Crippen molar-refractivity contribution in [2.24, 2.45) is 0 Å². The lowest BCUT2D eigenvalue weighted by atomic mass is 10.3. The van der Waals surface area contributed by atoms with Gasteiger partial charge in [0.1, 0.15) is 5.01 Å². The first-order valence-electron chi connectivity index (χ1n) is 4.78. The molecule has 0 saturated carbocycles. The maximum atomic E-state index is 4.57. The minimum Gasteiger partial charge on any atom is -0.249 e. The van der Waals surface area contributed by atoms with Crippen molar-refractivity contribution in [2.45, 2.75) is 10.1 Å². The highest BCUT2D eigenvalue weighted by Gasteiger charge is 2.04. The Labute approximate surface area is 105 Å². The number of benzene rings is 1. The summed E-state index contributed by atoms with van der Waals surface area (Å²) in [6, 6.07) is 8.24. The van der Waals surface area contributed by atoms with Crippen LogP contribution < -0.4 is 0 Å². The van der Waals surface area contributed by atoms with Crippen LogP contribution in [0, 0.1) is 0 Å². The van der Waals surface area contributed by atoms with Crippen LogP contribution in [-0.2, 0) is 5.75 Å². The van der Waals surface area contributed by atoms with Crippen molar-refractivity contribution in [1.29, 1.82) is 0 Å². The largest absolute Gasteiger partial charge is 0.249 e. The Morgan fingerprint density at radius 2 is 2.19 bits per heavy atom. The van der Waals surface area contributed by atoms with Gasteiger partial charge in [-0.05, 0) is 12.1 Å². The zero-order valence-electron chi connectivity index (χ0n) is 8.29. The number of rotatable bonds is 3. The van der Waals surface area contributed by atoms with E-state index in [2.05, 4.69) is 28.2 Å². The van der Waals surface area contributed by atoms with E-state index in [0.717, 1.165) is 20.6 Å². The molecule has 3 rings (SSSR count). The van der Waals surface area contributed by atoms with Gasteiger partial charge in [0.05, 0.1) is 16.0 Å². The predicted octanol–water partition coefficient (Wildman–Crippen LogP) is 4.05. The van der Waals surface area contributed by atoms with E-state index < -0.39 is 0 Å². The Hall–Kier alpha value is -0.910. The topological polar surface area (TPSA) is 25.8 Å². The molecular formula is C11H8N2S3. The van der Waals surface area contributed by atoms with Gasteiger partial charge in [0.2, 0.25) is 0 Å². The van der Waals surface area contributed by atoms with Crippen LogP contribution in [0.15, 0.2) is 40.2 Å². The maximum absolute atomic E-state index is 4.57. The number of aromatic nitrogens is 2. The van der Waals surface area contributed by atoms with Crippen LogP contribution in [0.3, 0.4) is 0 Å². The van der Waals surface area contributed by atoms with E-state index in [0.29, 0.717) is 0 Å². The van der Waals surface area contributed by atoms with Crippen molar-refractivity contribution in [1.82, 2.24) is 9.97 Å². The van der Waals surface area contributed by atoms with Gasteiger partial charge >= 0.3 is 0 Å². The molecule has 16 heavy (non-hydrogen) atoms. The second-order valence-corrected chi connectivity index (χ2v) is 6.39. The van der Waals surface area contributed by atoms with Gasteiger partial charge in [-0.1, -0.05) is 23.9 Å². The standard InChI is InChI=1S/C11H8N2S3/c1-2-4-9-8(3-1)13-11(16-9)15-7-10-12-5-6-14-10/h1-6H,7H2. The fourth-order valence-corrected chi connectivity index (χ4v) is 4.07. The Bertz CT molecular complexity index is 553. The van der Waals surface area contributed by atoms with Crippen LogP contribution in [0.4, 0.5) is 0 Å². The van der Waals surface area contributed by atoms with Crippen molar-refractivity contribution in [2.75, 3.05) is 0 Å². The number of para-hydroxylation sites is 1. The molecule has 0 spiro atoms. The molecule has 1 aromatic carbocycles. The van der Waals surface area contributed by atoms with Crippen LogP contribution in [0.5, 0.6) is 0 Å². The summed E-state index contributed by atoms with van der Waals surface area (Å²) in [6.45, 7) is 0. The van der Waals surface area contributed by atoms with Crippen molar-refractivity contribution < 1.29 is 0 Å². The lowest BCUT2D eigenvalue weighted by molar-refractivity contribution is 1.25. The molecule has 2 nitrogen and oxygen atoms in total. The Balaban J connectivity index is 1.79. The molecule has 5 heteroatoms. The molecule has 0 aliphatic carbocycles. The van der Waals surface area contributed by atoms with Gasteiger partial charge < -0.3 is 0 Å². The number of nitrogens with zero attached hydrogens (tertiary/aromatic N) is 2. The molecule has 0 aliphatic heterocycles. The van der Waals surface area contributed by atoms with E-state index in [-0.39, 0.29) is 0 Å². The van der Waals surface area contributed by atoms with Crippen LogP contribution in [-0.4, -0.2) is 9.97 Å². The number of fused-ring (bicyclic) bond motifs is 1. The summed E-state index contributed by atoms with van der Waals surface area (Å²) in [7, 11) is 0. The van der Waals surface area contributed by atoms with E-state index in [1.54, 1.807) is 34.4 Å². The molecule has 0 N–H and O–H groups in total. The molecule has 0 saturated heterocycles. The van der Waals surface area contributed by atoms with Crippen LogP contribution >= 0.6 is 34.4 Å². The van der Waals surface area contributed by atoms with E-state index in [1.165, 1.54) is 4.70 Å². The predicted molar refractivity (Wildman–Crippen MR) is 71.3 cm³/mol. The molecule has 80 valence electrons. The average molecular weight is 264 g/mol. The zero-order chi connectivity index (χ0) is 10.8. The van der Waals surface area contributed by atoms with Crippen molar-refractivity contribution >= 4 is 44.7 Å². The smallest absolute Gasteiger partial charge is 0.151 e. The lowest BCUT2D eigenvalue weighted by Gasteiger charge is -1.91. The van der Waals surface area contributed by atoms with E-state index in [4.69, 9.17) is 0 Å². The first-order chi connectivity index (χ1) is 7.92. The first-order valence-corrected chi connectivity index (χ1v) is 7.47. The van der Waals surface area contributed by atoms with Gasteiger partial charge in [0.15, 0.2) is 4.34 Å². The van der Waals surface area contributed by atoms with E-state index in [9.17, 15) is 0 Å². The number of hydrogen-bond donors (Lipinski definition) is 0. The Morgan fingerprint density at radius 3 is 3.00 bits per heavy atom. The Morgan fingerprint density at radius 1 is 1.25 bits per heavy atom. The average Bonchev–Trinajstić information content (AvgIpc) is 2.95. The molecule has 3 aromatic rings. The summed E-state index contributed by atoms with van der Waals surface area (Å²) < 4.78 is 2.38. The molecule has 0 radical (unpaired) electrons. The lowest BCUT2D eigenvalue weighted by Crippen LogP contribution is -1.76. The van der Waals surface area contributed by atoms with Crippen molar-refractivity contribution in [3.8, 4) is 0 Å². The molecular weight excluding hydrogens is 256 g/mol. The molecule has 0 amide bonds. The summed E-state index contributed by atoms with van der Waals surface area (Å²) >= 11 is 5.20. The highest BCUT2D eigenvalue weighted by molar-refractivity contribution is 8.00. The molecule has 0 atom stereocenters. The summed E-state index contributed by atoms with van der Waals surface area (Å²) in [5.74, 6) is 0.914. The van der Waals surface area contributed by atoms with Crippen LogP contribution in [0.2, 0.25) is 0 Å². The van der Waals surface area contributed by atoms with Gasteiger partial charge in [-0.3, -0.25) is 0 Å². The van der Waals surface area contributed by atoms with Gasteiger partial charge in [-0.2, -0.15) is 0 Å². The fraction of sp³-hybridized carbons (Fsp3) is 0.0909. The van der Waals surface area contributed by atoms with E-state index in [1.807, 2.05) is 17.6 Å². The van der Waals surface area contributed by atoms with Crippen LogP contribution in [0.25, 0.3) is 10.2 Å². The van der Waals surface area contributed by atoms with Crippen molar-refractivity contribution in [3.63, 3.8) is 0 Å². The molecule has 0 unspecified atom stereocenters. The van der Waals surface area contributed by atoms with Gasteiger partial charge in [-0.25, -0.2) is 9.97 Å². The maximum Gasteiger partial charge on any atom is 0.151 e. The summed E-state index contributed by atoms with van der Waals surface area (Å²) in [6.07, 6.45) is 1.85. The highest BCUT2D eigenvalue weighted by atomic mass is 32.2. The molecule has 0 fully saturated rings. The second-order valence-electron chi connectivity index (χ2n) is 3.16. The summed E-state index contributed by atoms with van der Waals surface area (Å²) in [5, 5.41) is 3.16. The van der Waals surface area contributed by atoms with Gasteiger partial charge in [0, 0.05) is 11.6 Å². The summed E-state index contributed by atoms with van der Waals surface area (Å²) in [5.41, 5.74) is 1.09. The number of hydrogen-bond acceptors (Lipinski definition) is 5. The SMILES string of the molecule is c1ccc2sc(SCc3nccs3)nc2c1. The van der Waals surface area contributed by atoms with Crippen molar-refractivity contribution in [3.05, 3.63) is 40.8 Å². The quantitative estimate of drug-likeness (QED) is 0.668. The zero-order valence-corrected chi connectivity index (χ0v) is 10.7. The second kappa shape index (κ2) is 4.53. The van der Waals surface area contributed by atoms with Gasteiger partial charge in [0.25, 0.3) is 0 Å². The van der Waals surface area contributed by atoms with Crippen LogP contribution in [0.1, 0.15) is 5.01 Å². The monoisotopic (exact) mass is 264 g/mol. The summed E-state index contributed by atoms with van der Waals surface area (Å²) in [4.78, 5) is 8.83. The fourth-order valence-electron chi connectivity index (χ4n) is 1.36. The third-order valence-electron chi connectivity index (χ3n) is 2.08. The molecule has 0 bridgehead atoms. The molecule has 0 aliphatic rings. The van der Waals surface area contributed by atoms with E-state index >= 15 is 0 Å². The Kier molecular flexibility index (Phi) is 2.90. The first kappa shape index (κ1) is 10.3. The third kappa shape index (κ3) is 2.11. The highest BCUT2D eigenvalue weighted by Crippen LogP contribution is 2.31. The molecule has 2 heterocycles. The third-order valence-corrected chi connectivity index (χ3v) is 5.23. The minimum absolute atomic E-state index is 0.914. The molecule has 2 aromatic heterocycles. The number of thioether (sulfide) groups is 1. The number of thiazole rings is 2. The minimum atomic E-state index is 0.914. The normalized spacial score (nSPS) is 11.0. The van der Waals surface area contributed by atoms with Gasteiger partial charge in [-0.15, -0.1) is 22.7 Å².